The minimum atomic E-state index is 0.0454. The molecule has 0 aliphatic rings. The molecule has 0 saturated heterocycles. The van der Waals surface area contributed by atoms with Crippen LogP contribution in [-0.4, -0.2) is 33.0 Å². The highest BCUT2D eigenvalue weighted by molar-refractivity contribution is 7.99. The van der Waals surface area contributed by atoms with E-state index in [1.807, 2.05) is 24.6 Å². The van der Waals surface area contributed by atoms with Crippen molar-refractivity contribution in [2.75, 3.05) is 12.3 Å². The molecule has 0 aromatic carbocycles. The maximum absolute atomic E-state index is 12.1. The zero-order valence-corrected chi connectivity index (χ0v) is 16.4. The summed E-state index contributed by atoms with van der Waals surface area (Å²) in [5.41, 5.74) is 0.924. The predicted octanol–water partition coefficient (Wildman–Crippen LogP) is 3.81. The van der Waals surface area contributed by atoms with Crippen LogP contribution in [0.4, 0.5) is 0 Å². The zero-order valence-electron chi connectivity index (χ0n) is 15.5. The van der Waals surface area contributed by atoms with Crippen molar-refractivity contribution in [3.8, 4) is 11.4 Å². The maximum Gasteiger partial charge on any atom is 0.230 e. The van der Waals surface area contributed by atoms with Crippen LogP contribution in [0.1, 0.15) is 45.3 Å². The number of nitrogens with one attached hydrogen (secondary N) is 1. The molecule has 2 heterocycles. The van der Waals surface area contributed by atoms with E-state index in [0.29, 0.717) is 11.7 Å². The summed E-state index contributed by atoms with van der Waals surface area (Å²) in [5.74, 6) is 2.52. The van der Waals surface area contributed by atoms with Gasteiger partial charge in [0.15, 0.2) is 11.0 Å². The normalized spacial score (nSPS) is 12.3. The molecule has 1 N–H and O–H groups in total. The molecule has 0 saturated carbocycles. The molecule has 0 aliphatic carbocycles. The van der Waals surface area contributed by atoms with Gasteiger partial charge in [0.1, 0.15) is 5.76 Å². The molecule has 25 heavy (non-hydrogen) atoms. The molecule has 0 unspecified atom stereocenters. The van der Waals surface area contributed by atoms with Gasteiger partial charge in [-0.05, 0) is 25.3 Å². The fourth-order valence-electron chi connectivity index (χ4n) is 2.67. The van der Waals surface area contributed by atoms with Crippen molar-refractivity contribution in [2.24, 2.45) is 13.0 Å². The first-order chi connectivity index (χ1) is 12.1. The third-order valence-electron chi connectivity index (χ3n) is 4.40. The van der Waals surface area contributed by atoms with E-state index in [1.165, 1.54) is 31.0 Å². The number of carbonyl (C=O) groups is 1. The van der Waals surface area contributed by atoms with Gasteiger partial charge in [0.2, 0.25) is 5.91 Å². The smallest absolute Gasteiger partial charge is 0.230 e. The van der Waals surface area contributed by atoms with E-state index >= 15 is 0 Å². The zero-order chi connectivity index (χ0) is 18.2. The summed E-state index contributed by atoms with van der Waals surface area (Å²) < 4.78 is 7.22. The monoisotopic (exact) mass is 364 g/mol. The number of aryl methyl sites for hydroxylation is 1. The van der Waals surface area contributed by atoms with Gasteiger partial charge in [0.05, 0.1) is 17.6 Å². The number of furan rings is 1. The van der Waals surface area contributed by atoms with Crippen molar-refractivity contribution in [3.05, 3.63) is 18.1 Å². The molecule has 0 fully saturated rings. The summed E-state index contributed by atoms with van der Waals surface area (Å²) in [5, 5.41) is 12.2. The van der Waals surface area contributed by atoms with E-state index < -0.39 is 0 Å². The summed E-state index contributed by atoms with van der Waals surface area (Å²) in [6.07, 6.45) is 6.34. The summed E-state index contributed by atoms with van der Waals surface area (Å²) in [4.78, 5) is 12.1. The van der Waals surface area contributed by atoms with Crippen molar-refractivity contribution < 1.29 is 9.21 Å². The standard InChI is InChI=1S/C18H28N4O2S/c1-5-7-8-14(6-2)11-19-16(23)12-25-18-21-20-17(22(18)4)15-9-10-24-13(15)3/h9-10,14H,5-8,11-12H2,1-4H3,(H,19,23)/t14-/m0/s1. The van der Waals surface area contributed by atoms with E-state index in [9.17, 15) is 4.79 Å². The summed E-state index contributed by atoms with van der Waals surface area (Å²) in [6.45, 7) is 7.03. The highest BCUT2D eigenvalue weighted by atomic mass is 32.2. The Bertz CT molecular complexity index is 680. The van der Waals surface area contributed by atoms with Crippen LogP contribution in [0.2, 0.25) is 0 Å². The van der Waals surface area contributed by atoms with Crippen molar-refractivity contribution in [2.45, 2.75) is 51.6 Å². The number of carbonyl (C=O) groups excluding carboxylic acids is 1. The van der Waals surface area contributed by atoms with Gasteiger partial charge in [0.25, 0.3) is 0 Å². The van der Waals surface area contributed by atoms with Gasteiger partial charge in [0, 0.05) is 13.6 Å². The lowest BCUT2D eigenvalue weighted by molar-refractivity contribution is -0.118. The minimum Gasteiger partial charge on any atom is -0.469 e. The SMILES string of the molecule is CCCC[C@H](CC)CNC(=O)CSc1nnc(-c2ccoc2C)n1C. The van der Waals surface area contributed by atoms with Crippen LogP contribution >= 0.6 is 11.8 Å². The first-order valence-corrected chi connectivity index (χ1v) is 9.88. The molecule has 0 bridgehead atoms. The first-order valence-electron chi connectivity index (χ1n) is 8.90. The number of rotatable bonds is 10. The quantitative estimate of drug-likeness (QED) is 0.649. The second kappa shape index (κ2) is 9.65. The molecule has 2 aromatic heterocycles. The van der Waals surface area contributed by atoms with Crippen LogP contribution in [0.15, 0.2) is 21.9 Å². The molecule has 0 aliphatic heterocycles. The third-order valence-corrected chi connectivity index (χ3v) is 5.42. The van der Waals surface area contributed by atoms with Crippen LogP contribution in [0.25, 0.3) is 11.4 Å². The fraction of sp³-hybridized carbons (Fsp3) is 0.611. The van der Waals surface area contributed by atoms with Gasteiger partial charge in [-0.2, -0.15) is 0 Å². The Kier molecular flexibility index (Phi) is 7.55. The number of hydrogen-bond acceptors (Lipinski definition) is 5. The molecule has 0 radical (unpaired) electrons. The molecular weight excluding hydrogens is 336 g/mol. The number of amides is 1. The Hall–Kier alpha value is -1.76. The Balaban J connectivity index is 1.84. The van der Waals surface area contributed by atoms with Crippen LogP contribution in [0, 0.1) is 12.8 Å². The van der Waals surface area contributed by atoms with Crippen molar-refractivity contribution in [3.63, 3.8) is 0 Å². The number of nitrogens with zero attached hydrogens (tertiary/aromatic N) is 3. The van der Waals surface area contributed by atoms with Gasteiger partial charge in [-0.1, -0.05) is 44.9 Å². The molecule has 138 valence electrons. The van der Waals surface area contributed by atoms with Gasteiger partial charge < -0.3 is 14.3 Å². The van der Waals surface area contributed by atoms with Crippen molar-refractivity contribution in [1.29, 1.82) is 0 Å². The van der Waals surface area contributed by atoms with Crippen LogP contribution in [0.5, 0.6) is 0 Å². The van der Waals surface area contributed by atoms with Gasteiger partial charge >= 0.3 is 0 Å². The molecule has 2 aromatic rings. The number of hydrogen-bond donors (Lipinski definition) is 1. The number of aromatic nitrogens is 3. The fourth-order valence-corrected chi connectivity index (χ4v) is 3.42. The second-order valence-corrected chi connectivity index (χ2v) is 7.21. The van der Waals surface area contributed by atoms with E-state index in [0.717, 1.165) is 35.3 Å². The van der Waals surface area contributed by atoms with Crippen LogP contribution in [-0.2, 0) is 11.8 Å². The highest BCUT2D eigenvalue weighted by Gasteiger charge is 2.16. The average molecular weight is 365 g/mol. The third kappa shape index (κ3) is 5.36. The molecule has 2 rings (SSSR count). The van der Waals surface area contributed by atoms with Gasteiger partial charge in [-0.3, -0.25) is 4.79 Å². The van der Waals surface area contributed by atoms with E-state index in [-0.39, 0.29) is 5.91 Å². The average Bonchev–Trinajstić information content (AvgIpc) is 3.18. The molecule has 6 nitrogen and oxygen atoms in total. The van der Waals surface area contributed by atoms with Gasteiger partial charge in [-0.15, -0.1) is 10.2 Å². The van der Waals surface area contributed by atoms with E-state index in [2.05, 4.69) is 29.4 Å². The van der Waals surface area contributed by atoms with E-state index in [4.69, 9.17) is 4.42 Å². The molecular formula is C18H28N4O2S. The Morgan fingerprint density at radius 2 is 2.20 bits per heavy atom. The van der Waals surface area contributed by atoms with Gasteiger partial charge in [-0.25, -0.2) is 0 Å². The molecule has 1 atom stereocenters. The lowest BCUT2D eigenvalue weighted by Crippen LogP contribution is -2.30. The maximum atomic E-state index is 12.1. The van der Waals surface area contributed by atoms with Crippen molar-refractivity contribution in [1.82, 2.24) is 20.1 Å². The highest BCUT2D eigenvalue weighted by Crippen LogP contribution is 2.25. The Labute approximate surface area is 153 Å². The summed E-state index contributed by atoms with van der Waals surface area (Å²) in [7, 11) is 1.90. The minimum absolute atomic E-state index is 0.0454. The summed E-state index contributed by atoms with van der Waals surface area (Å²) in [6, 6.07) is 1.88. The Morgan fingerprint density at radius 3 is 2.84 bits per heavy atom. The first kappa shape index (κ1) is 19.6. The second-order valence-electron chi connectivity index (χ2n) is 6.26. The van der Waals surface area contributed by atoms with Crippen molar-refractivity contribution >= 4 is 17.7 Å². The molecule has 1 amide bonds. The topological polar surface area (TPSA) is 73.0 Å². The number of thioether (sulfide) groups is 1. The Morgan fingerprint density at radius 1 is 1.40 bits per heavy atom. The lowest BCUT2D eigenvalue weighted by atomic mass is 9.99. The summed E-state index contributed by atoms with van der Waals surface area (Å²) >= 11 is 1.40. The van der Waals surface area contributed by atoms with Crippen LogP contribution < -0.4 is 5.32 Å². The number of unbranched alkanes of at least 4 members (excludes halogenated alkanes) is 1. The predicted molar refractivity (Wildman–Crippen MR) is 100 cm³/mol. The largest absolute Gasteiger partial charge is 0.469 e. The van der Waals surface area contributed by atoms with E-state index in [1.54, 1.807) is 6.26 Å². The molecule has 0 spiro atoms. The molecule has 7 heteroatoms. The van der Waals surface area contributed by atoms with Crippen LogP contribution in [0.3, 0.4) is 0 Å². The lowest BCUT2D eigenvalue weighted by Gasteiger charge is -2.15.